The monoisotopic (exact) mass is 435 g/mol. The lowest BCUT2D eigenvalue weighted by Gasteiger charge is -2.32. The molecule has 6 nitrogen and oxygen atoms in total. The second-order valence-electron chi connectivity index (χ2n) is 7.76. The number of hydrogen-bond donors (Lipinski definition) is 1. The number of aryl methyl sites for hydroxylation is 2. The van der Waals surface area contributed by atoms with E-state index in [4.69, 9.17) is 4.42 Å². The Morgan fingerprint density at radius 3 is 2.65 bits per heavy atom. The first-order valence-corrected chi connectivity index (χ1v) is 11.2. The molecular weight excluding hydrogens is 410 g/mol. The maximum atomic E-state index is 13.0. The molecule has 0 unspecified atom stereocenters. The Labute approximate surface area is 186 Å². The minimum atomic E-state index is -0.126. The molecular formula is C24H25N3O3S. The number of benzene rings is 1. The van der Waals surface area contributed by atoms with Crippen LogP contribution in [0.1, 0.15) is 44.7 Å². The summed E-state index contributed by atoms with van der Waals surface area (Å²) in [5.74, 6) is -0.156. The van der Waals surface area contributed by atoms with Gasteiger partial charge in [0.05, 0.1) is 17.4 Å². The van der Waals surface area contributed by atoms with Gasteiger partial charge in [0.2, 0.25) is 0 Å². The number of hydrogen-bond acceptors (Lipinski definition) is 5. The van der Waals surface area contributed by atoms with E-state index in [1.165, 1.54) is 35.4 Å². The van der Waals surface area contributed by atoms with Gasteiger partial charge in [0.1, 0.15) is 11.3 Å². The molecule has 0 spiro atoms. The van der Waals surface area contributed by atoms with Crippen LogP contribution in [0.15, 0.2) is 69.5 Å². The molecule has 31 heavy (non-hydrogen) atoms. The zero-order valence-electron chi connectivity index (χ0n) is 17.6. The van der Waals surface area contributed by atoms with Crippen LogP contribution in [0.3, 0.4) is 0 Å². The molecule has 1 saturated heterocycles. The third-order valence-electron chi connectivity index (χ3n) is 5.59. The largest absolute Gasteiger partial charge is 0.472 e. The van der Waals surface area contributed by atoms with Crippen LogP contribution in [-0.2, 0) is 0 Å². The van der Waals surface area contributed by atoms with E-state index in [0.717, 1.165) is 17.7 Å². The number of likely N-dealkylation sites (tertiary alicyclic amines) is 1. The van der Waals surface area contributed by atoms with Crippen LogP contribution in [-0.4, -0.2) is 40.8 Å². The molecule has 1 aliphatic heterocycles. The summed E-state index contributed by atoms with van der Waals surface area (Å²) in [5.41, 5.74) is 3.58. The second kappa shape index (κ2) is 9.39. The minimum absolute atomic E-state index is 0.0283. The SMILES string of the molecule is Cc1ccc(Sc2ncccc2C(=O)NC2CCN(C(=O)c3ccoc3)CC2)cc1C. The van der Waals surface area contributed by atoms with Crippen molar-refractivity contribution in [2.24, 2.45) is 0 Å². The van der Waals surface area contributed by atoms with E-state index >= 15 is 0 Å². The van der Waals surface area contributed by atoms with Crippen molar-refractivity contribution in [1.82, 2.24) is 15.2 Å². The molecule has 160 valence electrons. The van der Waals surface area contributed by atoms with Gasteiger partial charge in [0.15, 0.2) is 0 Å². The molecule has 0 aliphatic carbocycles. The molecule has 0 atom stereocenters. The van der Waals surface area contributed by atoms with Gasteiger partial charge in [0.25, 0.3) is 11.8 Å². The molecule has 7 heteroatoms. The van der Waals surface area contributed by atoms with Crippen molar-refractivity contribution in [1.29, 1.82) is 0 Å². The highest BCUT2D eigenvalue weighted by atomic mass is 32.2. The Morgan fingerprint density at radius 1 is 1.13 bits per heavy atom. The molecule has 1 aromatic carbocycles. The van der Waals surface area contributed by atoms with Gasteiger partial charge in [-0.3, -0.25) is 9.59 Å². The highest BCUT2D eigenvalue weighted by molar-refractivity contribution is 7.99. The van der Waals surface area contributed by atoms with Crippen LogP contribution >= 0.6 is 11.8 Å². The lowest BCUT2D eigenvalue weighted by molar-refractivity contribution is 0.0697. The van der Waals surface area contributed by atoms with Crippen LogP contribution in [0.5, 0.6) is 0 Å². The van der Waals surface area contributed by atoms with Crippen molar-refractivity contribution >= 4 is 23.6 Å². The molecule has 0 radical (unpaired) electrons. The first-order valence-electron chi connectivity index (χ1n) is 10.3. The van der Waals surface area contributed by atoms with Gasteiger partial charge in [-0.1, -0.05) is 17.8 Å². The number of carbonyl (C=O) groups is 2. The third kappa shape index (κ3) is 4.99. The van der Waals surface area contributed by atoms with Crippen molar-refractivity contribution < 1.29 is 14.0 Å². The molecule has 1 N–H and O–H groups in total. The van der Waals surface area contributed by atoms with E-state index in [1.54, 1.807) is 23.2 Å². The predicted octanol–water partition coefficient (Wildman–Crippen LogP) is 4.48. The summed E-state index contributed by atoms with van der Waals surface area (Å²) >= 11 is 1.50. The van der Waals surface area contributed by atoms with Gasteiger partial charge in [-0.25, -0.2) is 4.98 Å². The van der Waals surface area contributed by atoms with E-state index in [9.17, 15) is 9.59 Å². The lowest BCUT2D eigenvalue weighted by Crippen LogP contribution is -2.46. The van der Waals surface area contributed by atoms with Gasteiger partial charge in [-0.05, 0) is 68.1 Å². The standard InChI is InChI=1S/C24H25N3O3S/c1-16-5-6-20(14-17(16)2)31-23-21(4-3-10-25-23)22(28)26-19-7-11-27(12-8-19)24(29)18-9-13-30-15-18/h3-6,9-10,13-15,19H,7-8,11-12H2,1-2H3,(H,26,28). The Morgan fingerprint density at radius 2 is 1.94 bits per heavy atom. The van der Waals surface area contributed by atoms with E-state index in [-0.39, 0.29) is 17.9 Å². The summed E-state index contributed by atoms with van der Waals surface area (Å²) < 4.78 is 5.00. The zero-order valence-corrected chi connectivity index (χ0v) is 18.4. The summed E-state index contributed by atoms with van der Waals surface area (Å²) in [6, 6.07) is 11.5. The number of amides is 2. The number of furan rings is 1. The summed E-state index contributed by atoms with van der Waals surface area (Å²) in [6.45, 7) is 5.37. The maximum Gasteiger partial charge on any atom is 0.257 e. The van der Waals surface area contributed by atoms with Gasteiger partial charge in [-0.15, -0.1) is 0 Å². The summed E-state index contributed by atoms with van der Waals surface area (Å²) in [7, 11) is 0. The van der Waals surface area contributed by atoms with Gasteiger partial charge in [-0.2, -0.15) is 0 Å². The first-order chi connectivity index (χ1) is 15.0. The van der Waals surface area contributed by atoms with Gasteiger partial charge >= 0.3 is 0 Å². The fourth-order valence-corrected chi connectivity index (χ4v) is 4.57. The summed E-state index contributed by atoms with van der Waals surface area (Å²) in [6.07, 6.45) is 6.11. The molecule has 1 aliphatic rings. The number of rotatable bonds is 5. The van der Waals surface area contributed by atoms with Crippen molar-refractivity contribution in [2.45, 2.75) is 42.7 Å². The fourth-order valence-electron chi connectivity index (χ4n) is 3.59. The van der Waals surface area contributed by atoms with Crippen LogP contribution < -0.4 is 5.32 Å². The fraction of sp³-hybridized carbons (Fsp3) is 0.292. The van der Waals surface area contributed by atoms with Crippen LogP contribution in [0.2, 0.25) is 0 Å². The van der Waals surface area contributed by atoms with Crippen LogP contribution in [0.25, 0.3) is 0 Å². The minimum Gasteiger partial charge on any atom is -0.472 e. The maximum absolute atomic E-state index is 13.0. The Bertz CT molecular complexity index is 1070. The Balaban J connectivity index is 1.38. The highest BCUT2D eigenvalue weighted by Gasteiger charge is 2.26. The van der Waals surface area contributed by atoms with Crippen LogP contribution in [0.4, 0.5) is 0 Å². The van der Waals surface area contributed by atoms with E-state index in [2.05, 4.69) is 42.3 Å². The first kappa shape index (κ1) is 21.2. The number of pyridine rings is 1. The Hall–Kier alpha value is -3.06. The number of carbonyl (C=O) groups excluding carboxylic acids is 2. The number of piperidine rings is 1. The summed E-state index contributed by atoms with van der Waals surface area (Å²) in [5, 5.41) is 3.82. The van der Waals surface area contributed by atoms with E-state index < -0.39 is 0 Å². The number of aromatic nitrogens is 1. The van der Waals surface area contributed by atoms with E-state index in [1.807, 2.05) is 6.07 Å². The average molecular weight is 436 g/mol. The average Bonchev–Trinajstić information content (AvgIpc) is 3.32. The number of nitrogens with zero attached hydrogens (tertiary/aromatic N) is 2. The van der Waals surface area contributed by atoms with Gasteiger partial charge in [0, 0.05) is 30.2 Å². The molecule has 3 heterocycles. The van der Waals surface area contributed by atoms with Crippen molar-refractivity contribution in [3.63, 3.8) is 0 Å². The Kier molecular flexibility index (Phi) is 6.42. The quantitative estimate of drug-likeness (QED) is 0.640. The predicted molar refractivity (Wildman–Crippen MR) is 119 cm³/mol. The molecule has 0 bridgehead atoms. The lowest BCUT2D eigenvalue weighted by atomic mass is 10.0. The van der Waals surface area contributed by atoms with Crippen molar-refractivity contribution in [3.05, 3.63) is 77.4 Å². The number of nitrogens with one attached hydrogen (secondary N) is 1. The van der Waals surface area contributed by atoms with E-state index in [0.29, 0.717) is 29.2 Å². The molecule has 2 aromatic heterocycles. The topological polar surface area (TPSA) is 75.4 Å². The highest BCUT2D eigenvalue weighted by Crippen LogP contribution is 2.30. The smallest absolute Gasteiger partial charge is 0.257 e. The molecule has 2 amide bonds. The molecule has 0 saturated carbocycles. The van der Waals surface area contributed by atoms with Crippen molar-refractivity contribution in [2.75, 3.05) is 13.1 Å². The third-order valence-corrected chi connectivity index (χ3v) is 6.60. The molecule has 3 aromatic rings. The van der Waals surface area contributed by atoms with Crippen LogP contribution in [0, 0.1) is 13.8 Å². The second-order valence-corrected chi connectivity index (χ2v) is 8.82. The van der Waals surface area contributed by atoms with Gasteiger partial charge < -0.3 is 14.6 Å². The normalized spacial score (nSPS) is 14.5. The zero-order chi connectivity index (χ0) is 21.8. The summed E-state index contributed by atoms with van der Waals surface area (Å²) in [4.78, 5) is 32.7. The molecule has 1 fully saturated rings. The molecule has 4 rings (SSSR count). The van der Waals surface area contributed by atoms with Crippen molar-refractivity contribution in [3.8, 4) is 0 Å².